The largest absolute Gasteiger partial charge is 0.321 e. The molecule has 4 rings (SSSR count). The fourth-order valence-electron chi connectivity index (χ4n) is 3.22. The Kier molecular flexibility index (Phi) is 4.75. The summed E-state index contributed by atoms with van der Waals surface area (Å²) in [5.74, 6) is 0.611. The lowest BCUT2D eigenvalue weighted by atomic mass is 10.1. The average molecular weight is 421 g/mol. The number of halogens is 1. The molecule has 1 fully saturated rings. The van der Waals surface area contributed by atoms with Crippen LogP contribution in [0.5, 0.6) is 0 Å². The first-order valence-electron chi connectivity index (χ1n) is 8.49. The summed E-state index contributed by atoms with van der Waals surface area (Å²) in [6.07, 6.45) is 8.93. The Labute approximate surface area is 159 Å². The highest BCUT2D eigenvalue weighted by Gasteiger charge is 2.20. The number of thiophene rings is 1. The Balaban J connectivity index is 1.51. The topological polar surface area (TPSA) is 57.8 Å². The summed E-state index contributed by atoms with van der Waals surface area (Å²) in [4.78, 5) is 14.0. The molecule has 0 radical (unpaired) electrons. The Bertz CT molecular complexity index is 828. The van der Waals surface area contributed by atoms with Crippen LogP contribution < -0.4 is 5.32 Å². The van der Waals surface area contributed by atoms with Crippen molar-refractivity contribution in [3.8, 4) is 0 Å². The summed E-state index contributed by atoms with van der Waals surface area (Å²) in [5.41, 5.74) is 1.92. The van der Waals surface area contributed by atoms with E-state index in [0.717, 1.165) is 48.2 Å². The van der Waals surface area contributed by atoms with Gasteiger partial charge < -0.3 is 10.2 Å². The number of nitrogens with zero attached hydrogens (tertiary/aromatic N) is 5. The highest BCUT2D eigenvalue weighted by Crippen LogP contribution is 2.40. The van der Waals surface area contributed by atoms with Crippen LogP contribution in [0, 0.1) is 6.92 Å². The lowest BCUT2D eigenvalue weighted by Crippen LogP contribution is -2.31. The number of fused-ring (bicyclic) bond motifs is 1. The molecule has 2 aromatic rings. The van der Waals surface area contributed by atoms with Crippen LogP contribution in [0.15, 0.2) is 26.9 Å². The first-order valence-corrected chi connectivity index (χ1v) is 10.1. The molecular formula is C17H21BrN6S. The Hall–Kier alpha value is -1.51. The lowest BCUT2D eigenvalue weighted by molar-refractivity contribution is 0.212. The van der Waals surface area contributed by atoms with Crippen molar-refractivity contribution in [3.05, 3.63) is 26.6 Å². The molecule has 25 heavy (non-hydrogen) atoms. The normalized spacial score (nSPS) is 18.8. The molecule has 0 atom stereocenters. The van der Waals surface area contributed by atoms with Crippen molar-refractivity contribution in [1.82, 2.24) is 14.7 Å². The number of aliphatic imine (C=N–C) groups is 2. The summed E-state index contributed by atoms with van der Waals surface area (Å²) in [5, 5.41) is 7.85. The summed E-state index contributed by atoms with van der Waals surface area (Å²) in [7, 11) is 2.17. The van der Waals surface area contributed by atoms with Gasteiger partial charge in [0.05, 0.1) is 28.1 Å². The molecule has 0 unspecified atom stereocenters. The lowest BCUT2D eigenvalue weighted by Gasteiger charge is -2.28. The summed E-state index contributed by atoms with van der Waals surface area (Å²) in [6.45, 7) is 4.35. The van der Waals surface area contributed by atoms with Crippen LogP contribution in [0.3, 0.4) is 0 Å². The summed E-state index contributed by atoms with van der Waals surface area (Å²) >= 11 is 5.41. The van der Waals surface area contributed by atoms with Gasteiger partial charge in [-0.05, 0) is 55.8 Å². The molecule has 8 heteroatoms. The van der Waals surface area contributed by atoms with Crippen molar-refractivity contribution in [1.29, 1.82) is 0 Å². The molecule has 0 amide bonds. The minimum atomic E-state index is 0.478. The minimum Gasteiger partial charge on any atom is -0.321 e. The van der Waals surface area contributed by atoms with Crippen LogP contribution in [0.1, 0.15) is 28.6 Å². The maximum Gasteiger partial charge on any atom is 0.227 e. The number of rotatable bonds is 2. The predicted molar refractivity (Wildman–Crippen MR) is 108 cm³/mol. The van der Waals surface area contributed by atoms with Crippen LogP contribution in [0.4, 0.5) is 11.4 Å². The van der Waals surface area contributed by atoms with Crippen molar-refractivity contribution >= 4 is 50.8 Å². The molecule has 1 N–H and O–H groups in total. The number of guanidine groups is 1. The SMILES string of the molecule is Cc1sc2c(c1Br)N=C(Nc1cnn(C3CCN(C)CC3)c1)N=CC2. The fourth-order valence-corrected chi connectivity index (χ4v) is 4.88. The molecule has 0 saturated carbocycles. The number of anilines is 1. The van der Waals surface area contributed by atoms with Crippen LogP contribution in [-0.4, -0.2) is 47.0 Å². The van der Waals surface area contributed by atoms with E-state index in [1.807, 2.05) is 12.4 Å². The number of aromatic nitrogens is 2. The monoisotopic (exact) mass is 420 g/mol. The van der Waals surface area contributed by atoms with E-state index in [0.29, 0.717) is 12.0 Å². The van der Waals surface area contributed by atoms with E-state index in [-0.39, 0.29) is 0 Å². The average Bonchev–Trinajstić information content (AvgIpc) is 3.09. The first-order chi connectivity index (χ1) is 12.1. The van der Waals surface area contributed by atoms with E-state index < -0.39 is 0 Å². The van der Waals surface area contributed by atoms with Crippen LogP contribution >= 0.6 is 27.3 Å². The molecule has 0 bridgehead atoms. The van der Waals surface area contributed by atoms with Gasteiger partial charge in [0, 0.05) is 28.6 Å². The van der Waals surface area contributed by atoms with Crippen molar-refractivity contribution in [3.63, 3.8) is 0 Å². The van der Waals surface area contributed by atoms with Gasteiger partial charge in [-0.2, -0.15) is 5.10 Å². The van der Waals surface area contributed by atoms with Gasteiger partial charge in [-0.3, -0.25) is 4.68 Å². The highest BCUT2D eigenvalue weighted by atomic mass is 79.9. The van der Waals surface area contributed by atoms with Crippen molar-refractivity contribution in [2.45, 2.75) is 32.2 Å². The van der Waals surface area contributed by atoms with Crippen molar-refractivity contribution in [2.24, 2.45) is 9.98 Å². The molecular weight excluding hydrogens is 400 g/mol. The van der Waals surface area contributed by atoms with Gasteiger partial charge in [-0.15, -0.1) is 11.3 Å². The smallest absolute Gasteiger partial charge is 0.227 e. The number of piperidine rings is 1. The van der Waals surface area contributed by atoms with Crippen molar-refractivity contribution in [2.75, 3.05) is 25.5 Å². The maximum absolute atomic E-state index is 4.71. The number of aryl methyl sites for hydroxylation is 1. The Morgan fingerprint density at radius 1 is 1.32 bits per heavy atom. The molecule has 2 aromatic heterocycles. The maximum atomic E-state index is 4.71. The van der Waals surface area contributed by atoms with E-state index in [1.54, 1.807) is 11.3 Å². The molecule has 2 aliphatic heterocycles. The molecule has 2 aliphatic rings. The number of nitrogens with one attached hydrogen (secondary N) is 1. The van der Waals surface area contributed by atoms with E-state index >= 15 is 0 Å². The third-order valence-electron chi connectivity index (χ3n) is 4.69. The van der Waals surface area contributed by atoms with E-state index in [9.17, 15) is 0 Å². The van der Waals surface area contributed by atoms with Gasteiger partial charge >= 0.3 is 0 Å². The second kappa shape index (κ2) is 7.01. The van der Waals surface area contributed by atoms with Gasteiger partial charge in [-0.25, -0.2) is 9.98 Å². The predicted octanol–water partition coefficient (Wildman–Crippen LogP) is 4.01. The van der Waals surface area contributed by atoms with Gasteiger partial charge in [0.1, 0.15) is 0 Å². The second-order valence-corrected chi connectivity index (χ2v) is 8.67. The molecule has 0 aliphatic carbocycles. The Morgan fingerprint density at radius 2 is 2.12 bits per heavy atom. The summed E-state index contributed by atoms with van der Waals surface area (Å²) in [6, 6.07) is 0.478. The molecule has 0 spiro atoms. The van der Waals surface area contributed by atoms with Gasteiger partial charge in [0.2, 0.25) is 5.96 Å². The van der Waals surface area contributed by atoms with Crippen LogP contribution in [0.25, 0.3) is 0 Å². The molecule has 132 valence electrons. The third-order valence-corrected chi connectivity index (χ3v) is 7.03. The quantitative estimate of drug-likeness (QED) is 0.797. The van der Waals surface area contributed by atoms with Gasteiger partial charge in [0.15, 0.2) is 0 Å². The van der Waals surface area contributed by atoms with Gasteiger partial charge in [-0.1, -0.05) is 0 Å². The minimum absolute atomic E-state index is 0.478. The number of likely N-dealkylation sites (tertiary alicyclic amines) is 1. The third kappa shape index (κ3) is 3.56. The van der Waals surface area contributed by atoms with Crippen LogP contribution in [0.2, 0.25) is 0 Å². The molecule has 0 aromatic carbocycles. The zero-order chi connectivity index (χ0) is 17.4. The molecule has 6 nitrogen and oxygen atoms in total. The fraction of sp³-hybridized carbons (Fsp3) is 0.471. The second-order valence-electron chi connectivity index (χ2n) is 6.56. The van der Waals surface area contributed by atoms with E-state index in [1.165, 1.54) is 9.75 Å². The highest BCUT2D eigenvalue weighted by molar-refractivity contribution is 9.10. The zero-order valence-corrected chi connectivity index (χ0v) is 16.8. The van der Waals surface area contributed by atoms with Gasteiger partial charge in [0.25, 0.3) is 0 Å². The number of hydrogen-bond acceptors (Lipinski definition) is 6. The first kappa shape index (κ1) is 16.9. The van der Waals surface area contributed by atoms with E-state index in [4.69, 9.17) is 4.99 Å². The zero-order valence-electron chi connectivity index (χ0n) is 14.4. The van der Waals surface area contributed by atoms with Crippen LogP contribution in [-0.2, 0) is 6.42 Å². The standard InChI is InChI=1S/C17H21BrN6S/c1-11-15(18)16-14(25-11)3-6-19-17(22-16)21-12-9-20-24(10-12)13-4-7-23(2)8-5-13/h6,9-10,13H,3-5,7-8H2,1-2H3,(H,21,22). The van der Waals surface area contributed by atoms with Crippen molar-refractivity contribution < 1.29 is 0 Å². The molecule has 4 heterocycles. The molecule has 1 saturated heterocycles. The number of hydrogen-bond donors (Lipinski definition) is 1. The Morgan fingerprint density at radius 3 is 2.92 bits per heavy atom. The summed E-state index contributed by atoms with van der Waals surface area (Å²) < 4.78 is 3.14. The van der Waals surface area contributed by atoms with E-state index in [2.05, 4.69) is 61.1 Å².